The monoisotopic (exact) mass is 285 g/mol. The average Bonchev–Trinajstić information content (AvgIpc) is 2.73. The van der Waals surface area contributed by atoms with Gasteiger partial charge in [-0.15, -0.1) is 11.3 Å². The highest BCUT2D eigenvalue weighted by Crippen LogP contribution is 2.28. The third-order valence-electron chi connectivity index (χ3n) is 2.52. The molecule has 1 amide bonds. The van der Waals surface area contributed by atoms with Crippen LogP contribution < -0.4 is 16.4 Å². The highest BCUT2D eigenvalue weighted by molar-refractivity contribution is 7.18. The van der Waals surface area contributed by atoms with E-state index < -0.39 is 0 Å². The first-order chi connectivity index (χ1) is 9.04. The predicted molar refractivity (Wildman–Crippen MR) is 80.9 cm³/mol. The summed E-state index contributed by atoms with van der Waals surface area (Å²) < 4.78 is 5.47. The van der Waals surface area contributed by atoms with Gasteiger partial charge in [0.25, 0.3) is 5.91 Å². The topological polar surface area (TPSA) is 76.4 Å². The molecule has 0 aromatic carbocycles. The molecule has 0 bridgehead atoms. The van der Waals surface area contributed by atoms with Crippen molar-refractivity contribution in [2.75, 3.05) is 31.2 Å². The number of ether oxygens (including phenoxy) is 1. The summed E-state index contributed by atoms with van der Waals surface area (Å²) in [6.07, 6.45) is 2.34. The third kappa shape index (κ3) is 5.48. The summed E-state index contributed by atoms with van der Waals surface area (Å²) in [4.78, 5) is 12.1. The van der Waals surface area contributed by atoms with Crippen LogP contribution >= 0.6 is 11.3 Å². The molecule has 1 aromatic rings. The molecule has 0 aliphatic rings. The molecule has 4 N–H and O–H groups in total. The van der Waals surface area contributed by atoms with Gasteiger partial charge in [0.05, 0.1) is 16.8 Å². The van der Waals surface area contributed by atoms with Crippen LogP contribution in [0.5, 0.6) is 0 Å². The van der Waals surface area contributed by atoms with Crippen molar-refractivity contribution in [2.45, 2.75) is 32.8 Å². The van der Waals surface area contributed by atoms with Gasteiger partial charge in [-0.1, -0.05) is 0 Å². The molecular weight excluding hydrogens is 262 g/mol. The fourth-order valence-electron chi connectivity index (χ4n) is 1.54. The van der Waals surface area contributed by atoms with Gasteiger partial charge in [-0.3, -0.25) is 4.79 Å². The molecule has 5 nitrogen and oxygen atoms in total. The molecule has 108 valence electrons. The molecule has 0 fully saturated rings. The Morgan fingerprint density at radius 3 is 2.84 bits per heavy atom. The van der Waals surface area contributed by atoms with Crippen LogP contribution in [-0.4, -0.2) is 32.2 Å². The van der Waals surface area contributed by atoms with E-state index >= 15 is 0 Å². The van der Waals surface area contributed by atoms with E-state index in [4.69, 9.17) is 10.5 Å². The first-order valence-corrected chi connectivity index (χ1v) is 7.33. The largest absolute Gasteiger partial charge is 0.397 e. The molecule has 0 atom stereocenters. The van der Waals surface area contributed by atoms with Gasteiger partial charge >= 0.3 is 0 Å². The van der Waals surface area contributed by atoms with Crippen molar-refractivity contribution in [1.29, 1.82) is 0 Å². The van der Waals surface area contributed by atoms with Crippen molar-refractivity contribution < 1.29 is 9.53 Å². The summed E-state index contributed by atoms with van der Waals surface area (Å²) in [6.45, 7) is 5.71. The molecule has 1 rings (SSSR count). The fraction of sp³-hybridized carbons (Fsp3) is 0.615. The highest BCUT2D eigenvalue weighted by atomic mass is 32.1. The zero-order valence-electron chi connectivity index (χ0n) is 11.8. The normalized spacial score (nSPS) is 10.7. The molecule has 0 saturated heterocycles. The maximum atomic E-state index is 11.5. The molecule has 0 radical (unpaired) electrons. The second-order valence-corrected chi connectivity index (χ2v) is 5.58. The number of rotatable bonds is 8. The first-order valence-electron chi connectivity index (χ1n) is 6.51. The van der Waals surface area contributed by atoms with Gasteiger partial charge < -0.3 is 21.1 Å². The summed E-state index contributed by atoms with van der Waals surface area (Å²) in [5, 5.41) is 6.78. The molecule has 6 heteroatoms. The van der Waals surface area contributed by atoms with Crippen molar-refractivity contribution >= 4 is 27.9 Å². The molecule has 0 aliphatic heterocycles. The Morgan fingerprint density at radius 2 is 2.21 bits per heavy atom. The minimum atomic E-state index is -0.138. The lowest BCUT2D eigenvalue weighted by Crippen LogP contribution is -2.17. The molecule has 0 spiro atoms. The van der Waals surface area contributed by atoms with Gasteiger partial charge in [-0.2, -0.15) is 0 Å². The van der Waals surface area contributed by atoms with Gasteiger partial charge in [-0.25, -0.2) is 0 Å². The van der Waals surface area contributed by atoms with Crippen LogP contribution in [0.3, 0.4) is 0 Å². The van der Waals surface area contributed by atoms with Crippen molar-refractivity contribution in [3.63, 3.8) is 0 Å². The van der Waals surface area contributed by atoms with Gasteiger partial charge in [0, 0.05) is 20.2 Å². The third-order valence-corrected chi connectivity index (χ3v) is 3.62. The van der Waals surface area contributed by atoms with E-state index in [1.165, 1.54) is 11.3 Å². The average molecular weight is 285 g/mol. The number of nitrogens with one attached hydrogen (secondary N) is 2. The van der Waals surface area contributed by atoms with E-state index in [0.717, 1.165) is 31.0 Å². The van der Waals surface area contributed by atoms with Crippen LogP contribution in [-0.2, 0) is 4.74 Å². The van der Waals surface area contributed by atoms with Crippen molar-refractivity contribution in [3.05, 3.63) is 10.9 Å². The number of carbonyl (C=O) groups is 1. The van der Waals surface area contributed by atoms with E-state index in [1.54, 1.807) is 13.1 Å². The van der Waals surface area contributed by atoms with E-state index in [-0.39, 0.29) is 5.91 Å². The van der Waals surface area contributed by atoms with Crippen LogP contribution in [0.25, 0.3) is 0 Å². The van der Waals surface area contributed by atoms with Crippen LogP contribution in [0.4, 0.5) is 10.7 Å². The lowest BCUT2D eigenvalue weighted by Gasteiger charge is -2.07. The highest BCUT2D eigenvalue weighted by Gasteiger charge is 2.12. The zero-order valence-corrected chi connectivity index (χ0v) is 12.6. The van der Waals surface area contributed by atoms with E-state index in [2.05, 4.69) is 10.6 Å². The summed E-state index contributed by atoms with van der Waals surface area (Å²) in [6, 6.07) is 1.81. The van der Waals surface area contributed by atoms with Crippen LogP contribution in [0.15, 0.2) is 6.07 Å². The number of nitrogens with two attached hydrogens (primary N) is 1. The van der Waals surface area contributed by atoms with Crippen LogP contribution in [0.1, 0.15) is 36.4 Å². The van der Waals surface area contributed by atoms with Gasteiger partial charge in [-0.05, 0) is 32.8 Å². The lowest BCUT2D eigenvalue weighted by molar-refractivity contribution is 0.0765. The second kappa shape index (κ2) is 8.01. The van der Waals surface area contributed by atoms with Gasteiger partial charge in [0.15, 0.2) is 0 Å². The van der Waals surface area contributed by atoms with E-state index in [0.29, 0.717) is 16.7 Å². The second-order valence-electron chi connectivity index (χ2n) is 4.53. The molecule has 1 aromatic heterocycles. The predicted octanol–water partition coefficient (Wildman–Crippen LogP) is 2.31. The number of anilines is 2. The number of carbonyl (C=O) groups excluding carboxylic acids is 1. The molecule has 1 heterocycles. The standard InChI is InChI=1S/C13H23N3O2S/c1-9(2)18-7-5-4-6-16-11-8-10(14)12(19-11)13(17)15-3/h8-9,16H,4-7,14H2,1-3H3,(H,15,17). The number of hydrogen-bond acceptors (Lipinski definition) is 5. The van der Waals surface area contributed by atoms with Gasteiger partial charge in [0.2, 0.25) is 0 Å². The SMILES string of the molecule is CNC(=O)c1sc(NCCCCOC(C)C)cc1N. The maximum Gasteiger partial charge on any atom is 0.263 e. The molecule has 0 unspecified atom stereocenters. The molecular formula is C13H23N3O2S. The van der Waals surface area contributed by atoms with Gasteiger partial charge in [0.1, 0.15) is 4.88 Å². The minimum Gasteiger partial charge on any atom is -0.397 e. The number of nitrogen functional groups attached to an aromatic ring is 1. The Morgan fingerprint density at radius 1 is 1.47 bits per heavy atom. The summed E-state index contributed by atoms with van der Waals surface area (Å²) in [5.74, 6) is -0.138. The van der Waals surface area contributed by atoms with E-state index in [9.17, 15) is 4.79 Å². The number of thiophene rings is 1. The van der Waals surface area contributed by atoms with E-state index in [1.807, 2.05) is 13.8 Å². The Hall–Kier alpha value is -1.27. The number of hydrogen-bond donors (Lipinski definition) is 3. The summed E-state index contributed by atoms with van der Waals surface area (Å²) in [7, 11) is 1.60. The fourth-order valence-corrected chi connectivity index (χ4v) is 2.49. The quantitative estimate of drug-likeness (QED) is 0.641. The van der Waals surface area contributed by atoms with Crippen LogP contribution in [0.2, 0.25) is 0 Å². The molecule has 19 heavy (non-hydrogen) atoms. The lowest BCUT2D eigenvalue weighted by atomic mass is 10.3. The van der Waals surface area contributed by atoms with Crippen molar-refractivity contribution in [3.8, 4) is 0 Å². The Bertz CT molecular complexity index is 405. The summed E-state index contributed by atoms with van der Waals surface area (Å²) in [5.41, 5.74) is 6.32. The maximum absolute atomic E-state index is 11.5. The molecule has 0 aliphatic carbocycles. The number of amides is 1. The first kappa shape index (κ1) is 15.8. The Kier molecular flexibility index (Phi) is 6.66. The minimum absolute atomic E-state index is 0.138. The number of unbranched alkanes of at least 4 members (excludes halogenated alkanes) is 1. The van der Waals surface area contributed by atoms with Crippen LogP contribution in [0, 0.1) is 0 Å². The Balaban J connectivity index is 2.28. The van der Waals surface area contributed by atoms with Crippen molar-refractivity contribution in [2.24, 2.45) is 0 Å². The summed E-state index contributed by atoms with van der Waals surface area (Å²) >= 11 is 1.38. The smallest absolute Gasteiger partial charge is 0.263 e. The van der Waals surface area contributed by atoms with Crippen molar-refractivity contribution in [1.82, 2.24) is 5.32 Å². The Labute approximate surface area is 118 Å². The molecule has 0 saturated carbocycles. The zero-order chi connectivity index (χ0) is 14.3.